The summed E-state index contributed by atoms with van der Waals surface area (Å²) in [6.45, 7) is -0.352. The van der Waals surface area contributed by atoms with Gasteiger partial charge < -0.3 is 10.2 Å². The summed E-state index contributed by atoms with van der Waals surface area (Å²) in [6.07, 6.45) is 8.48. The lowest BCUT2D eigenvalue weighted by Gasteiger charge is -1.91. The van der Waals surface area contributed by atoms with Gasteiger partial charge in [-0.15, -0.1) is 0 Å². The molecule has 2 nitrogen and oxygen atoms in total. The Hall–Kier alpha value is -1.44. The van der Waals surface area contributed by atoms with Gasteiger partial charge in [-0.2, -0.15) is 0 Å². The minimum absolute atomic E-state index is 0.352. The Morgan fingerprint density at radius 1 is 1.11 bits per heavy atom. The van der Waals surface area contributed by atoms with Crippen LogP contribution in [0.15, 0.2) is 23.2 Å². The Morgan fingerprint density at radius 2 is 1.89 bits per heavy atom. The SMILES string of the molecule is OCC(O)C#CC#CCCCC/C=C/C#C/C=C/Br. The highest BCUT2D eigenvalue weighted by atomic mass is 79.9. The zero-order valence-electron chi connectivity index (χ0n) is 10.7. The van der Waals surface area contributed by atoms with Crippen LogP contribution in [-0.2, 0) is 0 Å². The first-order chi connectivity index (χ1) is 9.31. The van der Waals surface area contributed by atoms with Gasteiger partial charge in [-0.25, -0.2) is 0 Å². The molecule has 0 aromatic carbocycles. The highest BCUT2D eigenvalue weighted by Crippen LogP contribution is 1.99. The van der Waals surface area contributed by atoms with Gasteiger partial charge in [0.2, 0.25) is 0 Å². The molecule has 19 heavy (non-hydrogen) atoms. The Bertz CT molecular complexity index is 458. The summed E-state index contributed by atoms with van der Waals surface area (Å²) in [5.74, 6) is 16.2. The smallest absolute Gasteiger partial charge is 0.138 e. The van der Waals surface area contributed by atoms with E-state index in [-0.39, 0.29) is 6.61 Å². The van der Waals surface area contributed by atoms with Crippen molar-refractivity contribution in [3.8, 4) is 35.5 Å². The third kappa shape index (κ3) is 14.5. The second kappa shape index (κ2) is 14.6. The number of rotatable bonds is 5. The van der Waals surface area contributed by atoms with Gasteiger partial charge in [-0.3, -0.25) is 0 Å². The van der Waals surface area contributed by atoms with Crippen molar-refractivity contribution in [2.24, 2.45) is 0 Å². The van der Waals surface area contributed by atoms with Crippen LogP contribution in [0.1, 0.15) is 25.7 Å². The normalized spacial score (nSPS) is 11.1. The maximum atomic E-state index is 8.92. The van der Waals surface area contributed by atoms with Gasteiger partial charge in [0.25, 0.3) is 0 Å². The standard InChI is InChI=1S/C16H17BrO2/c17-14-12-10-8-6-4-2-1-3-5-7-9-11-13-16(19)15-18/h4,6,12,14,16,18-19H,1-3,5,15H2/b6-4+,14-12+. The van der Waals surface area contributed by atoms with Crippen molar-refractivity contribution in [3.63, 3.8) is 0 Å². The summed E-state index contributed by atoms with van der Waals surface area (Å²) in [5, 5.41) is 17.4. The van der Waals surface area contributed by atoms with Crippen LogP contribution in [0.5, 0.6) is 0 Å². The Kier molecular flexibility index (Phi) is 13.5. The number of aliphatic hydroxyl groups excluding tert-OH is 2. The van der Waals surface area contributed by atoms with Gasteiger partial charge in [0.05, 0.1) is 6.61 Å². The molecule has 0 aliphatic carbocycles. The summed E-state index contributed by atoms with van der Waals surface area (Å²) >= 11 is 3.13. The molecule has 0 aliphatic heterocycles. The van der Waals surface area contributed by atoms with Gasteiger partial charge in [0.15, 0.2) is 0 Å². The third-order valence-electron chi connectivity index (χ3n) is 1.92. The van der Waals surface area contributed by atoms with Crippen molar-refractivity contribution in [1.29, 1.82) is 0 Å². The maximum Gasteiger partial charge on any atom is 0.138 e. The predicted octanol–water partition coefficient (Wildman–Crippen LogP) is 2.38. The lowest BCUT2D eigenvalue weighted by Crippen LogP contribution is -2.07. The fraction of sp³-hybridized carbons (Fsp3) is 0.375. The summed E-state index contributed by atoms with van der Waals surface area (Å²) in [5.41, 5.74) is 0. The van der Waals surface area contributed by atoms with Crippen LogP contribution in [0.3, 0.4) is 0 Å². The van der Waals surface area contributed by atoms with Crippen LogP contribution in [-0.4, -0.2) is 22.9 Å². The van der Waals surface area contributed by atoms with Crippen molar-refractivity contribution >= 4 is 15.9 Å². The van der Waals surface area contributed by atoms with Crippen molar-refractivity contribution in [1.82, 2.24) is 0 Å². The molecule has 0 aromatic heterocycles. The average Bonchev–Trinajstić information content (AvgIpc) is 2.43. The zero-order chi connectivity index (χ0) is 14.2. The predicted molar refractivity (Wildman–Crippen MR) is 82.1 cm³/mol. The highest BCUT2D eigenvalue weighted by Gasteiger charge is 1.90. The Morgan fingerprint density at radius 3 is 2.63 bits per heavy atom. The van der Waals surface area contributed by atoms with E-state index >= 15 is 0 Å². The molecule has 0 amide bonds. The van der Waals surface area contributed by atoms with Crippen LogP contribution in [0, 0.1) is 35.5 Å². The fourth-order valence-corrected chi connectivity index (χ4v) is 1.15. The van der Waals surface area contributed by atoms with E-state index < -0.39 is 6.10 Å². The largest absolute Gasteiger partial charge is 0.393 e. The van der Waals surface area contributed by atoms with E-state index in [1.807, 2.05) is 12.2 Å². The topological polar surface area (TPSA) is 40.5 Å². The minimum atomic E-state index is -0.986. The average molecular weight is 321 g/mol. The van der Waals surface area contributed by atoms with Crippen LogP contribution in [0.2, 0.25) is 0 Å². The van der Waals surface area contributed by atoms with E-state index in [0.29, 0.717) is 0 Å². The molecule has 0 fully saturated rings. The number of hydrogen-bond donors (Lipinski definition) is 2. The molecule has 0 radical (unpaired) electrons. The third-order valence-corrected chi connectivity index (χ3v) is 2.18. The molecular weight excluding hydrogens is 304 g/mol. The zero-order valence-corrected chi connectivity index (χ0v) is 12.3. The summed E-state index contributed by atoms with van der Waals surface area (Å²) < 4.78 is 0. The van der Waals surface area contributed by atoms with Crippen LogP contribution < -0.4 is 0 Å². The van der Waals surface area contributed by atoms with Gasteiger partial charge in [0, 0.05) is 6.42 Å². The lowest BCUT2D eigenvalue weighted by atomic mass is 10.2. The quantitative estimate of drug-likeness (QED) is 0.603. The summed E-state index contributed by atoms with van der Waals surface area (Å²) in [6, 6.07) is 0. The first kappa shape index (κ1) is 17.6. The van der Waals surface area contributed by atoms with E-state index in [9.17, 15) is 0 Å². The first-order valence-corrected chi connectivity index (χ1v) is 6.91. The molecule has 0 aromatic rings. The number of halogens is 1. The van der Waals surface area contributed by atoms with E-state index in [1.165, 1.54) is 0 Å². The monoisotopic (exact) mass is 320 g/mol. The van der Waals surface area contributed by atoms with E-state index in [2.05, 4.69) is 51.5 Å². The molecule has 0 aliphatic rings. The minimum Gasteiger partial charge on any atom is -0.393 e. The molecule has 0 saturated heterocycles. The van der Waals surface area contributed by atoms with E-state index in [0.717, 1.165) is 25.7 Å². The van der Waals surface area contributed by atoms with Gasteiger partial charge in [0.1, 0.15) is 6.10 Å². The Balaban J connectivity index is 3.58. The molecule has 0 bridgehead atoms. The van der Waals surface area contributed by atoms with Crippen molar-refractivity contribution in [2.45, 2.75) is 31.8 Å². The van der Waals surface area contributed by atoms with Gasteiger partial charge in [-0.1, -0.05) is 45.7 Å². The molecule has 1 atom stereocenters. The second-order valence-corrected chi connectivity index (χ2v) is 4.03. The number of allylic oxidation sites excluding steroid dienone is 3. The second-order valence-electron chi connectivity index (χ2n) is 3.50. The van der Waals surface area contributed by atoms with Crippen LogP contribution >= 0.6 is 15.9 Å². The number of aliphatic hydroxyl groups is 2. The van der Waals surface area contributed by atoms with Crippen LogP contribution in [0.4, 0.5) is 0 Å². The number of unbranched alkanes of at least 4 members (excludes halogenated alkanes) is 3. The number of hydrogen-bond acceptors (Lipinski definition) is 2. The molecule has 0 heterocycles. The summed E-state index contributed by atoms with van der Waals surface area (Å²) in [4.78, 5) is 1.72. The lowest BCUT2D eigenvalue weighted by molar-refractivity contribution is 0.138. The molecular formula is C16H17BrO2. The molecule has 1 unspecified atom stereocenters. The molecule has 3 heteroatoms. The van der Waals surface area contributed by atoms with Gasteiger partial charge >= 0.3 is 0 Å². The van der Waals surface area contributed by atoms with Crippen molar-refractivity contribution < 1.29 is 10.2 Å². The van der Waals surface area contributed by atoms with Gasteiger partial charge in [-0.05, 0) is 48.2 Å². The summed E-state index contributed by atoms with van der Waals surface area (Å²) in [7, 11) is 0. The molecule has 100 valence electrons. The van der Waals surface area contributed by atoms with Crippen molar-refractivity contribution in [2.75, 3.05) is 6.61 Å². The van der Waals surface area contributed by atoms with Crippen molar-refractivity contribution in [3.05, 3.63) is 23.2 Å². The first-order valence-electron chi connectivity index (χ1n) is 6.00. The van der Waals surface area contributed by atoms with E-state index in [1.54, 1.807) is 11.1 Å². The van der Waals surface area contributed by atoms with Crippen LogP contribution in [0.25, 0.3) is 0 Å². The molecule has 0 spiro atoms. The van der Waals surface area contributed by atoms with E-state index in [4.69, 9.17) is 10.2 Å². The molecule has 0 rings (SSSR count). The Labute approximate surface area is 123 Å². The molecule has 0 saturated carbocycles. The molecule has 2 N–H and O–H groups in total. The fourth-order valence-electron chi connectivity index (χ4n) is 1.02. The maximum absolute atomic E-state index is 8.92. The highest BCUT2D eigenvalue weighted by molar-refractivity contribution is 9.11.